The first-order valence-corrected chi connectivity index (χ1v) is 9.91. The second-order valence-electron chi connectivity index (χ2n) is 4.87. The summed E-state index contributed by atoms with van der Waals surface area (Å²) in [6.07, 6.45) is 2.75. The molecule has 0 spiro atoms. The summed E-state index contributed by atoms with van der Waals surface area (Å²) >= 11 is 0. The van der Waals surface area contributed by atoms with Crippen molar-refractivity contribution in [1.29, 1.82) is 0 Å². The zero-order chi connectivity index (χ0) is 15.7. The van der Waals surface area contributed by atoms with E-state index >= 15 is 0 Å². The molecular formula is C17H29NO2Si. The van der Waals surface area contributed by atoms with Crippen LogP contribution >= 0.6 is 0 Å². The average molecular weight is 308 g/mol. The second-order valence-corrected chi connectivity index (χ2v) is 7.81. The van der Waals surface area contributed by atoms with E-state index < -0.39 is 8.56 Å². The first-order valence-electron chi connectivity index (χ1n) is 7.89. The molecule has 4 heteroatoms. The Hall–Kier alpha value is -0.943. The number of hydrogen-bond donors (Lipinski definition) is 0. The minimum Gasteiger partial charge on any atom is -0.391 e. The van der Waals surface area contributed by atoms with Crippen LogP contribution in [0.15, 0.2) is 30.8 Å². The smallest absolute Gasteiger partial charge is 0.387 e. The predicted molar refractivity (Wildman–Crippen MR) is 93.0 cm³/mol. The van der Waals surface area contributed by atoms with Crippen molar-refractivity contribution in [2.24, 2.45) is 0 Å². The molecule has 3 nitrogen and oxygen atoms in total. The van der Waals surface area contributed by atoms with Gasteiger partial charge in [-0.05, 0) is 32.5 Å². The van der Waals surface area contributed by atoms with Gasteiger partial charge in [0.2, 0.25) is 0 Å². The molecule has 0 saturated heterocycles. The number of hydrogen-bond acceptors (Lipinski definition) is 3. The molecule has 21 heavy (non-hydrogen) atoms. The highest BCUT2D eigenvalue weighted by molar-refractivity contribution is 6.81. The lowest BCUT2D eigenvalue weighted by atomic mass is 10.2. The standard InChI is InChI=1S/C17H29NO2Si/c1-6-16-13-11-12-14-17(16)21(19-9-4,20-10-5)15-18(7-2)8-3/h6,11-14H,1,7-10,15H2,2-5H3. The van der Waals surface area contributed by atoms with E-state index in [1.165, 1.54) is 5.19 Å². The van der Waals surface area contributed by atoms with Gasteiger partial charge in [-0.1, -0.05) is 50.8 Å². The molecular weight excluding hydrogens is 278 g/mol. The van der Waals surface area contributed by atoms with Crippen molar-refractivity contribution in [2.75, 3.05) is 32.5 Å². The maximum absolute atomic E-state index is 6.26. The van der Waals surface area contributed by atoms with E-state index in [4.69, 9.17) is 8.85 Å². The third-order valence-corrected chi connectivity index (χ3v) is 7.32. The summed E-state index contributed by atoms with van der Waals surface area (Å²) in [4.78, 5) is 2.39. The maximum Gasteiger partial charge on any atom is 0.387 e. The largest absolute Gasteiger partial charge is 0.391 e. The first-order chi connectivity index (χ1) is 10.2. The first kappa shape index (κ1) is 18.1. The SMILES string of the molecule is C=Cc1ccccc1[Si](CN(CC)CC)(OCC)OCC. The lowest BCUT2D eigenvalue weighted by molar-refractivity contribution is 0.174. The van der Waals surface area contributed by atoms with Crippen LogP contribution in [0, 0.1) is 0 Å². The molecule has 0 aliphatic heterocycles. The maximum atomic E-state index is 6.26. The van der Waals surface area contributed by atoms with Crippen LogP contribution in [0.3, 0.4) is 0 Å². The van der Waals surface area contributed by atoms with Crippen LogP contribution < -0.4 is 5.19 Å². The summed E-state index contributed by atoms with van der Waals surface area (Å²) in [5.74, 6) is 0. The third-order valence-electron chi connectivity index (χ3n) is 3.67. The minimum absolute atomic E-state index is 0.666. The van der Waals surface area contributed by atoms with Crippen LogP contribution in [0.4, 0.5) is 0 Å². The minimum atomic E-state index is -2.49. The molecule has 0 unspecified atom stereocenters. The van der Waals surface area contributed by atoms with E-state index in [9.17, 15) is 0 Å². The summed E-state index contributed by atoms with van der Waals surface area (Å²) in [6, 6.07) is 8.32. The molecule has 0 atom stereocenters. The molecule has 0 aliphatic carbocycles. The van der Waals surface area contributed by atoms with Gasteiger partial charge in [-0.2, -0.15) is 0 Å². The van der Waals surface area contributed by atoms with Gasteiger partial charge in [-0.3, -0.25) is 0 Å². The molecule has 0 N–H and O–H groups in total. The van der Waals surface area contributed by atoms with Gasteiger partial charge < -0.3 is 13.8 Å². The van der Waals surface area contributed by atoms with Crippen molar-refractivity contribution in [3.63, 3.8) is 0 Å². The van der Waals surface area contributed by atoms with Crippen molar-refractivity contribution in [3.05, 3.63) is 36.4 Å². The van der Waals surface area contributed by atoms with Gasteiger partial charge in [0.15, 0.2) is 0 Å². The van der Waals surface area contributed by atoms with Crippen molar-refractivity contribution >= 4 is 19.8 Å². The summed E-state index contributed by atoms with van der Waals surface area (Å²) in [6.45, 7) is 15.7. The van der Waals surface area contributed by atoms with E-state index in [1.54, 1.807) is 0 Å². The Bertz CT molecular complexity index is 427. The van der Waals surface area contributed by atoms with Crippen LogP contribution in [-0.4, -0.2) is 45.9 Å². The molecule has 0 bridgehead atoms. The highest BCUT2D eigenvalue weighted by atomic mass is 28.4. The van der Waals surface area contributed by atoms with E-state index in [0.717, 1.165) is 24.8 Å². The molecule has 1 aromatic rings. The van der Waals surface area contributed by atoms with Crippen LogP contribution in [0.2, 0.25) is 0 Å². The van der Waals surface area contributed by atoms with E-state index in [0.29, 0.717) is 13.2 Å². The van der Waals surface area contributed by atoms with Gasteiger partial charge in [0.1, 0.15) is 0 Å². The van der Waals surface area contributed by atoms with Gasteiger partial charge in [-0.25, -0.2) is 0 Å². The highest BCUT2D eigenvalue weighted by Gasteiger charge is 2.42. The Balaban J connectivity index is 3.29. The predicted octanol–water partition coefficient (Wildman–Crippen LogP) is 2.93. The number of rotatable bonds is 10. The zero-order valence-electron chi connectivity index (χ0n) is 13.9. The molecule has 0 amide bonds. The molecule has 1 aromatic carbocycles. The zero-order valence-corrected chi connectivity index (χ0v) is 14.9. The Labute approximate surface area is 130 Å². The third kappa shape index (κ3) is 4.51. The summed E-state index contributed by atoms with van der Waals surface area (Å²) in [7, 11) is -2.49. The molecule has 0 fully saturated rings. The van der Waals surface area contributed by atoms with Crippen LogP contribution in [0.5, 0.6) is 0 Å². The van der Waals surface area contributed by atoms with Crippen molar-refractivity contribution < 1.29 is 8.85 Å². The van der Waals surface area contributed by atoms with E-state index in [1.807, 2.05) is 26.0 Å². The van der Waals surface area contributed by atoms with Gasteiger partial charge in [0.25, 0.3) is 0 Å². The van der Waals surface area contributed by atoms with Gasteiger partial charge >= 0.3 is 8.56 Å². The molecule has 0 aromatic heterocycles. The Kier molecular flexibility index (Phi) is 7.89. The van der Waals surface area contributed by atoms with Crippen LogP contribution in [0.25, 0.3) is 6.08 Å². The van der Waals surface area contributed by atoms with E-state index in [-0.39, 0.29) is 0 Å². The quantitative estimate of drug-likeness (QED) is 0.620. The fourth-order valence-electron chi connectivity index (χ4n) is 2.60. The molecule has 118 valence electrons. The fraction of sp³-hybridized carbons (Fsp3) is 0.529. The Morgan fingerprint density at radius 3 is 2.10 bits per heavy atom. The van der Waals surface area contributed by atoms with Gasteiger partial charge in [0.05, 0.1) is 0 Å². The molecule has 0 radical (unpaired) electrons. The monoisotopic (exact) mass is 307 g/mol. The fourth-order valence-corrected chi connectivity index (χ4v) is 6.29. The van der Waals surface area contributed by atoms with Crippen molar-refractivity contribution in [1.82, 2.24) is 4.90 Å². The molecule has 0 saturated carbocycles. The molecule has 0 aliphatic rings. The number of benzene rings is 1. The summed E-state index contributed by atoms with van der Waals surface area (Å²) in [5, 5.41) is 1.19. The highest BCUT2D eigenvalue weighted by Crippen LogP contribution is 2.15. The van der Waals surface area contributed by atoms with Crippen LogP contribution in [-0.2, 0) is 8.85 Å². The van der Waals surface area contributed by atoms with Crippen molar-refractivity contribution in [3.8, 4) is 0 Å². The van der Waals surface area contributed by atoms with Crippen molar-refractivity contribution in [2.45, 2.75) is 27.7 Å². The average Bonchev–Trinajstić information content (AvgIpc) is 2.52. The Morgan fingerprint density at radius 1 is 1.05 bits per heavy atom. The summed E-state index contributed by atoms with van der Waals surface area (Å²) < 4.78 is 12.5. The normalized spacial score (nSPS) is 11.9. The van der Waals surface area contributed by atoms with Gasteiger partial charge in [-0.15, -0.1) is 0 Å². The lowest BCUT2D eigenvalue weighted by Crippen LogP contribution is -2.62. The van der Waals surface area contributed by atoms with E-state index in [2.05, 4.69) is 43.5 Å². The second kappa shape index (κ2) is 9.15. The number of nitrogens with zero attached hydrogens (tertiary/aromatic N) is 1. The van der Waals surface area contributed by atoms with Gasteiger partial charge in [0, 0.05) is 24.6 Å². The lowest BCUT2D eigenvalue weighted by Gasteiger charge is -2.35. The van der Waals surface area contributed by atoms with Crippen LogP contribution in [0.1, 0.15) is 33.3 Å². The summed E-state index contributed by atoms with van der Waals surface area (Å²) in [5.41, 5.74) is 1.12. The topological polar surface area (TPSA) is 21.7 Å². The molecule has 0 heterocycles. The Morgan fingerprint density at radius 2 is 1.62 bits per heavy atom. The molecule has 1 rings (SSSR count).